The molecule has 3 N–H and O–H groups in total. The number of H-pyrrole nitrogens is 1. The van der Waals surface area contributed by atoms with Gasteiger partial charge >= 0.3 is 5.97 Å². The van der Waals surface area contributed by atoms with Crippen LogP contribution in [0.15, 0.2) is 46.4 Å². The number of halogens is 1. The summed E-state index contributed by atoms with van der Waals surface area (Å²) in [6.45, 7) is 1.59. The molecule has 3 rings (SSSR count). The smallest absolute Gasteiger partial charge is 0.302 e. The largest absolute Gasteiger partial charge is 0.463 e. The standard InChI is InChI=1S/C22H25FN4O4/c1-14(28)30-12-17-7-10-20(31-17)18-8-9-19(26-18)22(25-13-24)27-21(29)11-4-15-2-5-16(23)6-3-15/h2-3,5-6,8-9,13,17,20,26H,4,7,10-12H2,1H3,(H2,24,25,27,29). The van der Waals surface area contributed by atoms with Crippen LogP contribution in [-0.4, -0.2) is 41.7 Å². The third-order valence-corrected chi connectivity index (χ3v) is 4.84. The number of nitrogens with one attached hydrogen (secondary N) is 1. The van der Waals surface area contributed by atoms with Gasteiger partial charge in [-0.05, 0) is 49.1 Å². The van der Waals surface area contributed by atoms with E-state index < -0.39 is 0 Å². The number of nitrogens with zero attached hydrogens (tertiary/aromatic N) is 2. The molecule has 1 fully saturated rings. The summed E-state index contributed by atoms with van der Waals surface area (Å²) in [6.07, 6.45) is 2.90. The van der Waals surface area contributed by atoms with Crippen molar-refractivity contribution in [1.82, 2.24) is 4.98 Å². The van der Waals surface area contributed by atoms with E-state index in [-0.39, 0.29) is 48.8 Å². The Bertz CT molecular complexity index is 968. The Morgan fingerprint density at radius 3 is 2.74 bits per heavy atom. The molecule has 0 aliphatic carbocycles. The maximum atomic E-state index is 13.0. The molecule has 8 nitrogen and oxygen atoms in total. The number of aromatic amines is 1. The van der Waals surface area contributed by atoms with Gasteiger partial charge in [0.2, 0.25) is 5.91 Å². The summed E-state index contributed by atoms with van der Waals surface area (Å²) in [4.78, 5) is 34.5. The lowest BCUT2D eigenvalue weighted by atomic mass is 10.1. The lowest BCUT2D eigenvalue weighted by molar-refractivity contribution is -0.145. The number of rotatable bonds is 7. The second-order valence-corrected chi connectivity index (χ2v) is 7.19. The van der Waals surface area contributed by atoms with E-state index in [1.54, 1.807) is 18.2 Å². The summed E-state index contributed by atoms with van der Waals surface area (Å²) >= 11 is 0. The molecule has 1 aromatic heterocycles. The number of aliphatic imine (C=N–C) groups is 2. The lowest BCUT2D eigenvalue weighted by Gasteiger charge is -2.12. The number of amidine groups is 1. The van der Waals surface area contributed by atoms with Crippen LogP contribution in [-0.2, 0) is 25.5 Å². The van der Waals surface area contributed by atoms with Crippen LogP contribution in [0.2, 0.25) is 0 Å². The van der Waals surface area contributed by atoms with Crippen molar-refractivity contribution < 1.29 is 23.5 Å². The number of benzene rings is 1. The molecule has 164 valence electrons. The zero-order chi connectivity index (χ0) is 22.2. The third-order valence-electron chi connectivity index (χ3n) is 4.84. The molecule has 2 heterocycles. The molecule has 1 aliphatic rings. The molecule has 2 aromatic rings. The molecular formula is C22H25FN4O4. The molecule has 1 aliphatic heterocycles. The minimum absolute atomic E-state index is 0.149. The first-order chi connectivity index (χ1) is 14.9. The van der Waals surface area contributed by atoms with Gasteiger partial charge in [0.15, 0.2) is 5.84 Å². The minimum atomic E-state index is -0.361. The highest BCUT2D eigenvalue weighted by atomic mass is 19.1. The van der Waals surface area contributed by atoms with Crippen LogP contribution in [0.25, 0.3) is 0 Å². The second-order valence-electron chi connectivity index (χ2n) is 7.19. The van der Waals surface area contributed by atoms with Crippen molar-refractivity contribution in [1.29, 1.82) is 0 Å². The number of esters is 1. The maximum absolute atomic E-state index is 13.0. The summed E-state index contributed by atoms with van der Waals surface area (Å²) in [5, 5.41) is 0. The fourth-order valence-corrected chi connectivity index (χ4v) is 3.30. The van der Waals surface area contributed by atoms with Crippen LogP contribution in [0.4, 0.5) is 4.39 Å². The summed E-state index contributed by atoms with van der Waals surface area (Å²) in [5.41, 5.74) is 7.63. The van der Waals surface area contributed by atoms with Crippen molar-refractivity contribution in [2.75, 3.05) is 6.61 Å². The number of amides is 1. The normalized spacial score (nSPS) is 19.1. The molecular weight excluding hydrogens is 403 g/mol. The van der Waals surface area contributed by atoms with Gasteiger partial charge in [0.05, 0.1) is 24.2 Å². The van der Waals surface area contributed by atoms with Gasteiger partial charge in [0.25, 0.3) is 0 Å². The highest BCUT2D eigenvalue weighted by Gasteiger charge is 2.28. The summed E-state index contributed by atoms with van der Waals surface area (Å²) in [6, 6.07) is 9.60. The molecule has 31 heavy (non-hydrogen) atoms. The monoisotopic (exact) mass is 428 g/mol. The number of hydrogen-bond donors (Lipinski definition) is 2. The Balaban J connectivity index is 1.62. The van der Waals surface area contributed by atoms with E-state index in [4.69, 9.17) is 15.2 Å². The van der Waals surface area contributed by atoms with E-state index in [1.165, 1.54) is 19.1 Å². The minimum Gasteiger partial charge on any atom is -0.463 e. The van der Waals surface area contributed by atoms with Crippen molar-refractivity contribution in [2.24, 2.45) is 15.7 Å². The first kappa shape index (κ1) is 22.4. The molecule has 1 amide bonds. The van der Waals surface area contributed by atoms with E-state index in [2.05, 4.69) is 15.0 Å². The van der Waals surface area contributed by atoms with Crippen molar-refractivity contribution in [3.63, 3.8) is 0 Å². The molecule has 0 spiro atoms. The second kappa shape index (κ2) is 10.6. The van der Waals surface area contributed by atoms with Crippen LogP contribution in [0.1, 0.15) is 49.2 Å². The van der Waals surface area contributed by atoms with Gasteiger partial charge in [0, 0.05) is 19.0 Å². The molecule has 1 aromatic carbocycles. The Hall–Kier alpha value is -3.33. The Morgan fingerprint density at radius 2 is 2.03 bits per heavy atom. The van der Waals surface area contributed by atoms with Gasteiger partial charge in [-0.3, -0.25) is 9.59 Å². The van der Waals surface area contributed by atoms with Crippen LogP contribution < -0.4 is 5.73 Å². The average Bonchev–Trinajstić information content (AvgIpc) is 3.41. The van der Waals surface area contributed by atoms with E-state index in [0.29, 0.717) is 12.1 Å². The topological polar surface area (TPSA) is 119 Å². The average molecular weight is 428 g/mol. The van der Waals surface area contributed by atoms with E-state index in [9.17, 15) is 14.0 Å². The number of aromatic nitrogens is 1. The number of nitrogens with two attached hydrogens (primary N) is 1. The lowest BCUT2D eigenvalue weighted by Crippen LogP contribution is -2.16. The predicted octanol–water partition coefficient (Wildman–Crippen LogP) is 2.83. The summed E-state index contributed by atoms with van der Waals surface area (Å²) in [7, 11) is 0. The Kier molecular flexibility index (Phi) is 7.66. The Labute approximate surface area is 179 Å². The maximum Gasteiger partial charge on any atom is 0.302 e. The van der Waals surface area contributed by atoms with Crippen molar-refractivity contribution in [3.8, 4) is 0 Å². The summed E-state index contributed by atoms with van der Waals surface area (Å²) < 4.78 is 23.9. The van der Waals surface area contributed by atoms with Gasteiger partial charge < -0.3 is 20.2 Å². The first-order valence-corrected chi connectivity index (χ1v) is 10.0. The van der Waals surface area contributed by atoms with E-state index in [1.807, 2.05) is 6.07 Å². The van der Waals surface area contributed by atoms with E-state index in [0.717, 1.165) is 30.4 Å². The summed E-state index contributed by atoms with van der Waals surface area (Å²) in [5.74, 6) is -0.843. The third kappa shape index (κ3) is 6.58. The number of aryl methyl sites for hydroxylation is 1. The molecule has 2 unspecified atom stereocenters. The van der Waals surface area contributed by atoms with Gasteiger partial charge in [-0.25, -0.2) is 9.38 Å². The molecule has 9 heteroatoms. The highest BCUT2D eigenvalue weighted by molar-refractivity contribution is 6.06. The number of carbonyl (C=O) groups excluding carboxylic acids is 2. The molecule has 0 bridgehead atoms. The van der Waals surface area contributed by atoms with Gasteiger partial charge in [-0.2, -0.15) is 4.99 Å². The van der Waals surface area contributed by atoms with Crippen molar-refractivity contribution in [2.45, 2.75) is 44.8 Å². The van der Waals surface area contributed by atoms with E-state index >= 15 is 0 Å². The zero-order valence-electron chi connectivity index (χ0n) is 17.2. The van der Waals surface area contributed by atoms with Crippen LogP contribution >= 0.6 is 0 Å². The number of carbonyl (C=O) groups is 2. The predicted molar refractivity (Wildman–Crippen MR) is 113 cm³/mol. The van der Waals surface area contributed by atoms with Gasteiger partial charge in [-0.1, -0.05) is 12.1 Å². The van der Waals surface area contributed by atoms with Crippen LogP contribution in [0.3, 0.4) is 0 Å². The fraction of sp³-hybridized carbons (Fsp3) is 0.364. The first-order valence-electron chi connectivity index (χ1n) is 10.0. The van der Waals surface area contributed by atoms with Crippen LogP contribution in [0.5, 0.6) is 0 Å². The Morgan fingerprint density at radius 1 is 1.26 bits per heavy atom. The fourth-order valence-electron chi connectivity index (χ4n) is 3.30. The highest BCUT2D eigenvalue weighted by Crippen LogP contribution is 2.32. The van der Waals surface area contributed by atoms with Crippen LogP contribution in [0, 0.1) is 5.82 Å². The number of hydrogen-bond acceptors (Lipinski definition) is 4. The van der Waals surface area contributed by atoms with Crippen molar-refractivity contribution >= 4 is 24.1 Å². The van der Waals surface area contributed by atoms with Gasteiger partial charge in [0.1, 0.15) is 12.4 Å². The molecule has 2 atom stereocenters. The SMILES string of the molecule is CC(=O)OCC1CCC(c2ccc(C(N=CN)=NC(=O)CCc3ccc(F)cc3)[nH]2)O1. The zero-order valence-corrected chi connectivity index (χ0v) is 17.2. The molecule has 1 saturated heterocycles. The van der Waals surface area contributed by atoms with Gasteiger partial charge in [-0.15, -0.1) is 0 Å². The molecule has 0 saturated carbocycles. The van der Waals surface area contributed by atoms with Crippen molar-refractivity contribution in [3.05, 3.63) is 59.2 Å². The quantitative estimate of drug-likeness (QED) is 0.399. The molecule has 0 radical (unpaired) electrons. The number of ether oxygens (including phenoxy) is 2.